The number of hydrogen-bond donors (Lipinski definition) is 2. The molecule has 0 saturated heterocycles. The van der Waals surface area contributed by atoms with E-state index in [9.17, 15) is 14.4 Å². The minimum absolute atomic E-state index is 0.0122. The van der Waals surface area contributed by atoms with Crippen LogP contribution in [0.3, 0.4) is 0 Å². The zero-order valence-electron chi connectivity index (χ0n) is 17.3. The molecule has 30 heavy (non-hydrogen) atoms. The summed E-state index contributed by atoms with van der Waals surface area (Å²) in [5.41, 5.74) is 1.76. The van der Waals surface area contributed by atoms with Crippen molar-refractivity contribution in [3.63, 3.8) is 0 Å². The first-order chi connectivity index (χ1) is 14.5. The fourth-order valence-electron chi connectivity index (χ4n) is 3.18. The SMILES string of the molecule is CCn1c(=O)n(CC)c2nc(NC(=O)CCC(=O)Nc3ccc(OC)cc3)ccc21. The summed E-state index contributed by atoms with van der Waals surface area (Å²) in [6.45, 7) is 4.79. The van der Waals surface area contributed by atoms with Crippen LogP contribution in [0.4, 0.5) is 11.5 Å². The number of hydrogen-bond acceptors (Lipinski definition) is 5. The van der Waals surface area contributed by atoms with E-state index in [0.29, 0.717) is 36.0 Å². The molecular formula is C21H25N5O4. The third-order valence-electron chi connectivity index (χ3n) is 4.72. The van der Waals surface area contributed by atoms with Crippen molar-refractivity contribution >= 4 is 34.5 Å². The molecule has 2 heterocycles. The smallest absolute Gasteiger partial charge is 0.330 e. The lowest BCUT2D eigenvalue weighted by atomic mass is 10.2. The largest absolute Gasteiger partial charge is 0.497 e. The predicted molar refractivity (Wildman–Crippen MR) is 115 cm³/mol. The lowest BCUT2D eigenvalue weighted by Crippen LogP contribution is -2.23. The highest BCUT2D eigenvalue weighted by Crippen LogP contribution is 2.16. The molecule has 158 valence electrons. The van der Waals surface area contributed by atoms with Gasteiger partial charge in [-0.25, -0.2) is 9.78 Å². The van der Waals surface area contributed by atoms with Gasteiger partial charge in [-0.1, -0.05) is 0 Å². The Hall–Kier alpha value is -3.62. The van der Waals surface area contributed by atoms with Crippen LogP contribution in [0.5, 0.6) is 5.75 Å². The fourth-order valence-corrected chi connectivity index (χ4v) is 3.18. The number of imidazole rings is 1. The molecule has 0 atom stereocenters. The van der Waals surface area contributed by atoms with Gasteiger partial charge < -0.3 is 15.4 Å². The van der Waals surface area contributed by atoms with E-state index in [2.05, 4.69) is 15.6 Å². The third-order valence-corrected chi connectivity index (χ3v) is 4.72. The zero-order chi connectivity index (χ0) is 21.7. The van der Waals surface area contributed by atoms with Crippen LogP contribution >= 0.6 is 0 Å². The van der Waals surface area contributed by atoms with Gasteiger partial charge in [-0.15, -0.1) is 0 Å². The molecule has 2 amide bonds. The molecule has 3 aromatic rings. The number of nitrogens with zero attached hydrogens (tertiary/aromatic N) is 3. The fraction of sp³-hybridized carbons (Fsp3) is 0.333. The summed E-state index contributed by atoms with van der Waals surface area (Å²) in [6, 6.07) is 10.4. The Morgan fingerprint density at radius 2 is 1.57 bits per heavy atom. The number of aryl methyl sites for hydroxylation is 2. The molecule has 0 aliphatic carbocycles. The molecule has 9 nitrogen and oxygen atoms in total. The summed E-state index contributed by atoms with van der Waals surface area (Å²) >= 11 is 0. The Morgan fingerprint density at radius 3 is 2.17 bits per heavy atom. The van der Waals surface area contributed by atoms with E-state index in [-0.39, 0.29) is 30.3 Å². The van der Waals surface area contributed by atoms with Crippen molar-refractivity contribution in [3.05, 3.63) is 46.9 Å². The molecule has 0 aliphatic heterocycles. The second kappa shape index (κ2) is 9.25. The number of aromatic nitrogens is 3. The zero-order valence-corrected chi connectivity index (χ0v) is 17.3. The number of anilines is 2. The minimum Gasteiger partial charge on any atom is -0.497 e. The van der Waals surface area contributed by atoms with Crippen molar-refractivity contribution in [1.29, 1.82) is 0 Å². The monoisotopic (exact) mass is 411 g/mol. The first kappa shape index (κ1) is 21.1. The van der Waals surface area contributed by atoms with Gasteiger partial charge in [0.25, 0.3) is 0 Å². The Morgan fingerprint density at radius 1 is 0.933 bits per heavy atom. The maximum absolute atomic E-state index is 12.4. The van der Waals surface area contributed by atoms with Crippen molar-refractivity contribution in [2.45, 2.75) is 39.8 Å². The molecule has 0 bridgehead atoms. The van der Waals surface area contributed by atoms with Gasteiger partial charge in [0.05, 0.1) is 12.6 Å². The molecule has 1 aromatic carbocycles. The number of pyridine rings is 1. The van der Waals surface area contributed by atoms with E-state index < -0.39 is 0 Å². The standard InChI is InChI=1S/C21H25N5O4/c1-4-25-16-10-11-17(24-20(16)26(5-2)21(25)29)23-19(28)13-12-18(27)22-14-6-8-15(30-3)9-7-14/h6-11H,4-5,12-13H2,1-3H3,(H,22,27)(H,23,24,28). The van der Waals surface area contributed by atoms with Crippen LogP contribution in [-0.4, -0.2) is 33.0 Å². The molecule has 2 N–H and O–H groups in total. The van der Waals surface area contributed by atoms with Gasteiger partial charge in [-0.3, -0.25) is 18.7 Å². The summed E-state index contributed by atoms with van der Waals surface area (Å²) in [6.07, 6.45) is 0.0459. The molecule has 0 unspecified atom stereocenters. The first-order valence-electron chi connectivity index (χ1n) is 9.80. The summed E-state index contributed by atoms with van der Waals surface area (Å²) in [4.78, 5) is 41.1. The third kappa shape index (κ3) is 4.51. The average molecular weight is 411 g/mol. The van der Waals surface area contributed by atoms with Crippen molar-refractivity contribution < 1.29 is 14.3 Å². The number of fused-ring (bicyclic) bond motifs is 1. The topological polar surface area (TPSA) is 107 Å². The highest BCUT2D eigenvalue weighted by atomic mass is 16.5. The van der Waals surface area contributed by atoms with Gasteiger partial charge in [0.1, 0.15) is 11.6 Å². The number of methoxy groups -OCH3 is 1. The van der Waals surface area contributed by atoms with Crippen LogP contribution in [0.25, 0.3) is 11.2 Å². The first-order valence-corrected chi connectivity index (χ1v) is 9.80. The van der Waals surface area contributed by atoms with Gasteiger partial charge in [0, 0.05) is 31.6 Å². The number of carbonyl (C=O) groups is 2. The van der Waals surface area contributed by atoms with E-state index in [1.165, 1.54) is 0 Å². The van der Waals surface area contributed by atoms with Crippen LogP contribution in [0.1, 0.15) is 26.7 Å². The number of rotatable bonds is 8. The Kier molecular flexibility index (Phi) is 6.51. The second-order valence-corrected chi connectivity index (χ2v) is 6.64. The molecule has 0 spiro atoms. The maximum atomic E-state index is 12.4. The van der Waals surface area contributed by atoms with Gasteiger partial charge >= 0.3 is 5.69 Å². The van der Waals surface area contributed by atoms with Crippen molar-refractivity contribution in [1.82, 2.24) is 14.1 Å². The molecule has 3 rings (SSSR count). The molecule has 9 heteroatoms. The van der Waals surface area contributed by atoms with E-state index in [1.807, 2.05) is 13.8 Å². The lowest BCUT2D eigenvalue weighted by Gasteiger charge is -2.07. The van der Waals surface area contributed by atoms with Crippen molar-refractivity contribution in [3.8, 4) is 5.75 Å². The summed E-state index contributed by atoms with van der Waals surface area (Å²) in [5, 5.41) is 5.43. The maximum Gasteiger partial charge on any atom is 0.330 e. The number of benzene rings is 1. The van der Waals surface area contributed by atoms with Crippen molar-refractivity contribution in [2.24, 2.45) is 0 Å². The van der Waals surface area contributed by atoms with Crippen LogP contribution in [0, 0.1) is 0 Å². The Bertz CT molecular complexity index is 1110. The van der Waals surface area contributed by atoms with Crippen molar-refractivity contribution in [2.75, 3.05) is 17.7 Å². The van der Waals surface area contributed by atoms with Gasteiger partial charge in [0.15, 0.2) is 5.65 Å². The van der Waals surface area contributed by atoms with Gasteiger partial charge in [-0.05, 0) is 50.2 Å². The summed E-state index contributed by atoms with van der Waals surface area (Å²) < 4.78 is 8.28. The van der Waals surface area contributed by atoms with Gasteiger partial charge in [0.2, 0.25) is 11.8 Å². The number of ether oxygens (including phenoxy) is 1. The molecule has 0 radical (unpaired) electrons. The average Bonchev–Trinajstić information content (AvgIpc) is 3.02. The van der Waals surface area contributed by atoms with Crippen LogP contribution in [0.15, 0.2) is 41.2 Å². The summed E-state index contributed by atoms with van der Waals surface area (Å²) in [5.74, 6) is 0.448. The normalized spacial score (nSPS) is 10.8. The minimum atomic E-state index is -0.327. The highest BCUT2D eigenvalue weighted by molar-refractivity contribution is 5.96. The second-order valence-electron chi connectivity index (χ2n) is 6.64. The van der Waals surface area contributed by atoms with E-state index in [0.717, 1.165) is 5.52 Å². The van der Waals surface area contributed by atoms with E-state index in [4.69, 9.17) is 4.74 Å². The molecule has 0 fully saturated rings. The van der Waals surface area contributed by atoms with Crippen LogP contribution in [0.2, 0.25) is 0 Å². The van der Waals surface area contributed by atoms with E-state index >= 15 is 0 Å². The van der Waals surface area contributed by atoms with Crippen LogP contribution in [-0.2, 0) is 22.7 Å². The summed E-state index contributed by atoms with van der Waals surface area (Å²) in [7, 11) is 1.57. The number of nitrogens with one attached hydrogen (secondary N) is 2. The molecule has 0 saturated carbocycles. The van der Waals surface area contributed by atoms with Crippen LogP contribution < -0.4 is 21.1 Å². The molecule has 2 aromatic heterocycles. The van der Waals surface area contributed by atoms with E-state index in [1.54, 1.807) is 52.6 Å². The molecular weight excluding hydrogens is 386 g/mol. The lowest BCUT2D eigenvalue weighted by molar-refractivity contribution is -0.121. The quantitative estimate of drug-likeness (QED) is 0.592. The van der Waals surface area contributed by atoms with Gasteiger partial charge in [-0.2, -0.15) is 0 Å². The number of carbonyl (C=O) groups excluding carboxylic acids is 2. The Labute approximate surface area is 173 Å². The molecule has 0 aliphatic rings. The Balaban J connectivity index is 1.60. The predicted octanol–water partition coefficient (Wildman–Crippen LogP) is 2.60. The highest BCUT2D eigenvalue weighted by Gasteiger charge is 2.14. The number of amides is 2.